The summed E-state index contributed by atoms with van der Waals surface area (Å²) in [4.78, 5) is 15.8. The number of hydrogen-bond acceptors (Lipinski definition) is 6. The summed E-state index contributed by atoms with van der Waals surface area (Å²) in [6.07, 6.45) is 0. The molecule has 3 rings (SSSR count). The Hall–Kier alpha value is -2.64. The average molecular weight is 320 g/mol. The number of nitrogens with zero attached hydrogens (tertiary/aromatic N) is 4. The van der Waals surface area contributed by atoms with Crippen molar-refractivity contribution in [1.29, 1.82) is 0 Å². The molecule has 0 saturated carbocycles. The largest absolute Gasteiger partial charge is 0.484 e. The van der Waals surface area contributed by atoms with E-state index < -0.39 is 5.82 Å². The molecule has 1 aromatic carbocycles. The van der Waals surface area contributed by atoms with Crippen LogP contribution in [0.25, 0.3) is 0 Å². The van der Waals surface area contributed by atoms with Gasteiger partial charge in [-0.2, -0.15) is 0 Å². The van der Waals surface area contributed by atoms with Crippen molar-refractivity contribution in [2.45, 2.75) is 6.92 Å². The van der Waals surface area contributed by atoms with Crippen LogP contribution in [-0.4, -0.2) is 53.8 Å². The molecule has 1 fully saturated rings. The van der Waals surface area contributed by atoms with Crippen molar-refractivity contribution in [1.82, 2.24) is 15.1 Å². The molecule has 0 N–H and O–H groups in total. The maximum atomic E-state index is 13.1. The van der Waals surface area contributed by atoms with Crippen LogP contribution < -0.4 is 9.64 Å². The number of carbonyl (C=O) groups is 1. The first-order chi connectivity index (χ1) is 11.1. The first kappa shape index (κ1) is 15.3. The summed E-state index contributed by atoms with van der Waals surface area (Å²) >= 11 is 0. The first-order valence-electron chi connectivity index (χ1n) is 7.33. The smallest absolute Gasteiger partial charge is 0.318 e. The molecule has 0 atom stereocenters. The van der Waals surface area contributed by atoms with Gasteiger partial charge in [0.2, 0.25) is 5.89 Å². The molecule has 1 aromatic heterocycles. The molecular formula is C15H17FN4O3. The highest BCUT2D eigenvalue weighted by Crippen LogP contribution is 2.15. The van der Waals surface area contributed by atoms with E-state index in [9.17, 15) is 9.18 Å². The monoisotopic (exact) mass is 320 g/mol. The van der Waals surface area contributed by atoms with Gasteiger partial charge in [0, 0.05) is 39.2 Å². The summed E-state index contributed by atoms with van der Waals surface area (Å²) in [5.74, 6) is 0.342. The molecule has 1 aliphatic heterocycles. The third kappa shape index (κ3) is 3.77. The van der Waals surface area contributed by atoms with Crippen LogP contribution in [0.3, 0.4) is 0 Å². The highest BCUT2D eigenvalue weighted by atomic mass is 19.1. The number of halogens is 1. The van der Waals surface area contributed by atoms with Crippen LogP contribution in [0, 0.1) is 12.7 Å². The molecule has 2 aromatic rings. The summed E-state index contributed by atoms with van der Waals surface area (Å²) in [6.45, 7) is 3.96. The van der Waals surface area contributed by atoms with E-state index >= 15 is 0 Å². The normalized spacial score (nSPS) is 14.9. The Kier molecular flexibility index (Phi) is 4.40. The molecule has 122 valence electrons. The van der Waals surface area contributed by atoms with E-state index in [1.165, 1.54) is 12.1 Å². The molecule has 1 saturated heterocycles. The number of ether oxygens (including phenoxy) is 1. The number of piperazine rings is 1. The van der Waals surface area contributed by atoms with Crippen molar-refractivity contribution >= 4 is 11.9 Å². The van der Waals surface area contributed by atoms with Gasteiger partial charge >= 0.3 is 6.01 Å². The Morgan fingerprint density at radius 3 is 2.74 bits per heavy atom. The first-order valence-corrected chi connectivity index (χ1v) is 7.33. The highest BCUT2D eigenvalue weighted by molar-refractivity contribution is 5.78. The van der Waals surface area contributed by atoms with Crippen LogP contribution in [0.15, 0.2) is 28.7 Å². The van der Waals surface area contributed by atoms with Gasteiger partial charge in [0.25, 0.3) is 5.91 Å². The van der Waals surface area contributed by atoms with E-state index in [-0.39, 0.29) is 12.5 Å². The van der Waals surface area contributed by atoms with E-state index in [0.717, 1.165) is 0 Å². The number of anilines is 1. The number of amides is 1. The zero-order valence-corrected chi connectivity index (χ0v) is 12.7. The van der Waals surface area contributed by atoms with Crippen LogP contribution in [0.5, 0.6) is 5.75 Å². The van der Waals surface area contributed by atoms with Crippen LogP contribution in [0.4, 0.5) is 10.4 Å². The molecule has 1 aliphatic rings. The Labute approximate surface area is 132 Å². The van der Waals surface area contributed by atoms with Crippen molar-refractivity contribution in [3.8, 4) is 5.75 Å². The molecule has 0 spiro atoms. The van der Waals surface area contributed by atoms with E-state index in [0.29, 0.717) is 43.8 Å². The van der Waals surface area contributed by atoms with Gasteiger partial charge in [0.15, 0.2) is 6.61 Å². The van der Waals surface area contributed by atoms with Gasteiger partial charge in [-0.1, -0.05) is 11.2 Å². The van der Waals surface area contributed by atoms with Gasteiger partial charge in [-0.05, 0) is 12.1 Å². The number of aryl methyl sites for hydroxylation is 1. The van der Waals surface area contributed by atoms with Gasteiger partial charge < -0.3 is 19.0 Å². The lowest BCUT2D eigenvalue weighted by Crippen LogP contribution is -2.50. The molecule has 0 bridgehead atoms. The van der Waals surface area contributed by atoms with Crippen molar-refractivity contribution in [3.63, 3.8) is 0 Å². The standard InChI is InChI=1S/C15H17FN4O3/c1-11-17-18-15(23-11)20-7-5-19(6-8-20)14(21)10-22-13-4-2-3-12(16)9-13/h2-4,9H,5-8,10H2,1H3. The Balaban J connectivity index is 1.48. The maximum Gasteiger partial charge on any atom is 0.318 e. The van der Waals surface area contributed by atoms with Crippen LogP contribution in [-0.2, 0) is 4.79 Å². The van der Waals surface area contributed by atoms with Gasteiger partial charge in [-0.25, -0.2) is 4.39 Å². The van der Waals surface area contributed by atoms with Gasteiger partial charge in [-0.3, -0.25) is 4.79 Å². The third-order valence-electron chi connectivity index (χ3n) is 3.58. The molecule has 2 heterocycles. The second kappa shape index (κ2) is 6.64. The molecule has 23 heavy (non-hydrogen) atoms. The average Bonchev–Trinajstić information content (AvgIpc) is 2.99. The number of rotatable bonds is 4. The number of aromatic nitrogens is 2. The fourth-order valence-electron chi connectivity index (χ4n) is 2.35. The van der Waals surface area contributed by atoms with Crippen molar-refractivity contribution in [2.24, 2.45) is 0 Å². The van der Waals surface area contributed by atoms with Crippen molar-refractivity contribution in [3.05, 3.63) is 36.0 Å². The van der Waals surface area contributed by atoms with E-state index in [4.69, 9.17) is 9.15 Å². The molecule has 0 unspecified atom stereocenters. The summed E-state index contributed by atoms with van der Waals surface area (Å²) in [6, 6.07) is 6.22. The molecule has 7 nitrogen and oxygen atoms in total. The summed E-state index contributed by atoms with van der Waals surface area (Å²) < 4.78 is 23.8. The predicted octanol–water partition coefficient (Wildman–Crippen LogP) is 1.24. The molecule has 8 heteroatoms. The van der Waals surface area contributed by atoms with Crippen molar-refractivity contribution < 1.29 is 18.3 Å². The number of carbonyl (C=O) groups excluding carboxylic acids is 1. The number of benzene rings is 1. The summed E-state index contributed by atoms with van der Waals surface area (Å²) in [5.41, 5.74) is 0. The Morgan fingerprint density at radius 1 is 1.30 bits per heavy atom. The van der Waals surface area contributed by atoms with Crippen LogP contribution in [0.1, 0.15) is 5.89 Å². The minimum atomic E-state index is -0.390. The topological polar surface area (TPSA) is 71.7 Å². The fraction of sp³-hybridized carbons (Fsp3) is 0.400. The van der Waals surface area contributed by atoms with Gasteiger partial charge in [0.1, 0.15) is 11.6 Å². The van der Waals surface area contributed by atoms with Gasteiger partial charge in [0.05, 0.1) is 0 Å². The highest BCUT2D eigenvalue weighted by Gasteiger charge is 2.24. The zero-order valence-electron chi connectivity index (χ0n) is 12.7. The minimum Gasteiger partial charge on any atom is -0.484 e. The second-order valence-electron chi connectivity index (χ2n) is 5.22. The molecular weight excluding hydrogens is 303 g/mol. The zero-order chi connectivity index (χ0) is 16.2. The fourth-order valence-corrected chi connectivity index (χ4v) is 2.35. The Morgan fingerprint density at radius 2 is 2.09 bits per heavy atom. The van der Waals surface area contributed by atoms with Crippen LogP contribution >= 0.6 is 0 Å². The maximum absolute atomic E-state index is 13.1. The predicted molar refractivity (Wildman–Crippen MR) is 79.7 cm³/mol. The van der Waals surface area contributed by atoms with Crippen molar-refractivity contribution in [2.75, 3.05) is 37.7 Å². The third-order valence-corrected chi connectivity index (χ3v) is 3.58. The minimum absolute atomic E-state index is 0.108. The van der Waals surface area contributed by atoms with Gasteiger partial charge in [-0.15, -0.1) is 5.10 Å². The lowest BCUT2D eigenvalue weighted by Gasteiger charge is -2.33. The molecule has 1 amide bonds. The lowest BCUT2D eigenvalue weighted by molar-refractivity contribution is -0.133. The second-order valence-corrected chi connectivity index (χ2v) is 5.22. The summed E-state index contributed by atoms with van der Waals surface area (Å²) in [7, 11) is 0. The lowest BCUT2D eigenvalue weighted by atomic mass is 10.3. The van der Waals surface area contributed by atoms with E-state index in [1.54, 1.807) is 24.0 Å². The van der Waals surface area contributed by atoms with Crippen LogP contribution in [0.2, 0.25) is 0 Å². The summed E-state index contributed by atoms with van der Waals surface area (Å²) in [5, 5.41) is 7.77. The molecule has 0 aliphatic carbocycles. The Bertz CT molecular complexity index is 683. The van der Waals surface area contributed by atoms with E-state index in [1.807, 2.05) is 4.90 Å². The number of hydrogen-bond donors (Lipinski definition) is 0. The SMILES string of the molecule is Cc1nnc(N2CCN(C(=O)COc3cccc(F)c3)CC2)o1. The molecule has 0 radical (unpaired) electrons. The quantitative estimate of drug-likeness (QED) is 0.844. The van der Waals surface area contributed by atoms with E-state index in [2.05, 4.69) is 10.2 Å².